The number of nitrogens with one attached hydrogen (secondary N) is 2. The zero-order valence-corrected chi connectivity index (χ0v) is 9.18. The molecule has 0 atom stereocenters. The second kappa shape index (κ2) is 5.07. The van der Waals surface area contributed by atoms with E-state index in [-0.39, 0.29) is 17.5 Å². The minimum Gasteiger partial charge on any atom is -0.340 e. The number of hydrogen-bond donors (Lipinski definition) is 3. The highest BCUT2D eigenvalue weighted by Crippen LogP contribution is 2.16. The van der Waals surface area contributed by atoms with E-state index in [1.165, 1.54) is 18.2 Å². The number of aromatic nitrogens is 2. The van der Waals surface area contributed by atoms with Gasteiger partial charge in [0.05, 0.1) is 0 Å². The fourth-order valence-corrected chi connectivity index (χ4v) is 1.31. The first kappa shape index (κ1) is 11.8. The molecule has 0 aliphatic carbocycles. The number of hydrazine groups is 1. The molecule has 0 aliphatic heterocycles. The summed E-state index contributed by atoms with van der Waals surface area (Å²) in [5.41, 5.74) is 3.07. The van der Waals surface area contributed by atoms with Crippen LogP contribution in [0.5, 0.6) is 0 Å². The summed E-state index contributed by atoms with van der Waals surface area (Å²) in [6.07, 6.45) is 0. The molecule has 0 fully saturated rings. The van der Waals surface area contributed by atoms with Crippen molar-refractivity contribution in [3.63, 3.8) is 0 Å². The second-order valence-electron chi connectivity index (χ2n) is 3.35. The predicted octanol–water partition coefficient (Wildman–Crippen LogP) is 1.52. The Kier molecular flexibility index (Phi) is 3.31. The van der Waals surface area contributed by atoms with Crippen LogP contribution in [0, 0.1) is 17.1 Å². The second-order valence-corrected chi connectivity index (χ2v) is 3.35. The monoisotopic (exact) mass is 244 g/mol. The van der Waals surface area contributed by atoms with E-state index < -0.39 is 0 Å². The van der Waals surface area contributed by atoms with Gasteiger partial charge in [0.2, 0.25) is 5.95 Å². The van der Waals surface area contributed by atoms with Gasteiger partial charge in [-0.1, -0.05) is 0 Å². The largest absolute Gasteiger partial charge is 0.340 e. The smallest absolute Gasteiger partial charge is 0.240 e. The van der Waals surface area contributed by atoms with Gasteiger partial charge in [0, 0.05) is 11.8 Å². The number of hydrogen-bond acceptors (Lipinski definition) is 6. The molecule has 4 N–H and O–H groups in total. The van der Waals surface area contributed by atoms with Crippen LogP contribution in [-0.2, 0) is 0 Å². The summed E-state index contributed by atoms with van der Waals surface area (Å²) in [6.45, 7) is 0. The first-order valence-electron chi connectivity index (χ1n) is 4.99. The Bertz CT molecular complexity index is 589. The highest BCUT2D eigenvalue weighted by Gasteiger charge is 2.03. The van der Waals surface area contributed by atoms with Crippen molar-refractivity contribution in [1.82, 2.24) is 9.97 Å². The van der Waals surface area contributed by atoms with E-state index >= 15 is 0 Å². The predicted molar refractivity (Wildman–Crippen MR) is 64.2 cm³/mol. The molecule has 90 valence electrons. The highest BCUT2D eigenvalue weighted by molar-refractivity contribution is 5.58. The molecule has 2 rings (SSSR count). The molecule has 0 bridgehead atoms. The number of benzene rings is 1. The minimum absolute atomic E-state index is 0.124. The van der Waals surface area contributed by atoms with Crippen LogP contribution in [-0.4, -0.2) is 9.97 Å². The molecular formula is C11H9FN6. The van der Waals surface area contributed by atoms with Crippen molar-refractivity contribution in [3.05, 3.63) is 41.8 Å². The van der Waals surface area contributed by atoms with Crippen LogP contribution in [0.3, 0.4) is 0 Å². The molecule has 6 nitrogen and oxygen atoms in total. The Labute approximate surface area is 102 Å². The summed E-state index contributed by atoms with van der Waals surface area (Å²) in [4.78, 5) is 7.83. The van der Waals surface area contributed by atoms with Gasteiger partial charge in [-0.3, -0.25) is 5.43 Å². The fourth-order valence-electron chi connectivity index (χ4n) is 1.31. The Morgan fingerprint density at radius 3 is 2.56 bits per heavy atom. The van der Waals surface area contributed by atoms with E-state index in [9.17, 15) is 4.39 Å². The van der Waals surface area contributed by atoms with Gasteiger partial charge in [0.25, 0.3) is 0 Å². The molecule has 2 aromatic rings. The van der Waals surface area contributed by atoms with Crippen LogP contribution in [0.25, 0.3) is 0 Å². The molecule has 0 aliphatic rings. The summed E-state index contributed by atoms with van der Waals surface area (Å²) in [5, 5.41) is 11.7. The molecule has 7 heteroatoms. The topological polar surface area (TPSA) is 99.7 Å². The van der Waals surface area contributed by atoms with Gasteiger partial charge in [0.15, 0.2) is 0 Å². The van der Waals surface area contributed by atoms with Gasteiger partial charge in [-0.05, 0) is 24.3 Å². The van der Waals surface area contributed by atoms with Crippen molar-refractivity contribution in [2.75, 3.05) is 10.7 Å². The van der Waals surface area contributed by atoms with Crippen molar-refractivity contribution < 1.29 is 4.39 Å². The average molecular weight is 244 g/mol. The molecule has 1 heterocycles. The van der Waals surface area contributed by atoms with E-state index in [0.717, 1.165) is 0 Å². The third-order valence-corrected chi connectivity index (χ3v) is 2.09. The Hall–Kier alpha value is -2.72. The van der Waals surface area contributed by atoms with E-state index in [1.807, 2.05) is 6.07 Å². The van der Waals surface area contributed by atoms with Crippen molar-refractivity contribution in [3.8, 4) is 6.07 Å². The van der Waals surface area contributed by atoms with Crippen molar-refractivity contribution in [2.24, 2.45) is 5.84 Å². The first-order chi connectivity index (χ1) is 8.71. The van der Waals surface area contributed by atoms with Crippen molar-refractivity contribution in [1.29, 1.82) is 5.26 Å². The number of nitrogen functional groups attached to an aromatic ring is 1. The summed E-state index contributed by atoms with van der Waals surface area (Å²) in [7, 11) is 0. The van der Waals surface area contributed by atoms with Gasteiger partial charge in [-0.15, -0.1) is 0 Å². The van der Waals surface area contributed by atoms with Crippen LogP contribution < -0.4 is 16.6 Å². The quantitative estimate of drug-likeness (QED) is 0.559. The van der Waals surface area contributed by atoms with Crippen LogP contribution in [0.2, 0.25) is 0 Å². The number of anilines is 3. The van der Waals surface area contributed by atoms with E-state index in [1.54, 1.807) is 12.1 Å². The van der Waals surface area contributed by atoms with E-state index in [2.05, 4.69) is 20.7 Å². The number of nitrogens with two attached hydrogens (primary N) is 1. The van der Waals surface area contributed by atoms with Gasteiger partial charge in [-0.25, -0.2) is 15.2 Å². The fraction of sp³-hybridized carbons (Fsp3) is 0. The van der Waals surface area contributed by atoms with E-state index in [0.29, 0.717) is 11.5 Å². The maximum absolute atomic E-state index is 12.7. The third-order valence-electron chi connectivity index (χ3n) is 2.09. The molecule has 1 aromatic carbocycles. The summed E-state index contributed by atoms with van der Waals surface area (Å²) >= 11 is 0. The summed E-state index contributed by atoms with van der Waals surface area (Å²) < 4.78 is 12.7. The molecule has 0 amide bonds. The Morgan fingerprint density at radius 2 is 1.94 bits per heavy atom. The maximum Gasteiger partial charge on any atom is 0.240 e. The first-order valence-corrected chi connectivity index (χ1v) is 4.99. The molecule has 0 radical (unpaired) electrons. The molecule has 0 spiro atoms. The lowest BCUT2D eigenvalue weighted by Crippen LogP contribution is -2.12. The van der Waals surface area contributed by atoms with E-state index in [4.69, 9.17) is 11.1 Å². The lowest BCUT2D eigenvalue weighted by Gasteiger charge is -2.07. The normalized spacial score (nSPS) is 9.61. The van der Waals surface area contributed by atoms with Crippen LogP contribution in [0.4, 0.5) is 21.8 Å². The van der Waals surface area contributed by atoms with Crippen LogP contribution in [0.15, 0.2) is 30.3 Å². The third kappa shape index (κ3) is 2.69. The summed E-state index contributed by atoms with van der Waals surface area (Å²) in [5.74, 6) is 5.38. The molecule has 0 unspecified atom stereocenters. The van der Waals surface area contributed by atoms with Gasteiger partial charge < -0.3 is 5.32 Å². The molecule has 0 saturated heterocycles. The standard InChI is InChI=1S/C11H9FN6/c12-7-1-3-8(4-2-7)15-10-5-9(6-13)16-11(17-10)18-14/h1-5H,14H2,(H2,15,16,17,18). The van der Waals surface area contributed by atoms with Crippen molar-refractivity contribution in [2.45, 2.75) is 0 Å². The number of nitrogens with zero attached hydrogens (tertiary/aromatic N) is 3. The lowest BCUT2D eigenvalue weighted by atomic mass is 10.3. The highest BCUT2D eigenvalue weighted by atomic mass is 19.1. The maximum atomic E-state index is 12.7. The van der Waals surface area contributed by atoms with Gasteiger partial charge in [0.1, 0.15) is 23.4 Å². The van der Waals surface area contributed by atoms with Crippen LogP contribution >= 0.6 is 0 Å². The number of rotatable bonds is 3. The summed E-state index contributed by atoms with van der Waals surface area (Å²) in [6, 6.07) is 9.09. The van der Waals surface area contributed by atoms with Gasteiger partial charge in [-0.2, -0.15) is 10.2 Å². The zero-order chi connectivity index (χ0) is 13.0. The van der Waals surface area contributed by atoms with Gasteiger partial charge >= 0.3 is 0 Å². The minimum atomic E-state index is -0.328. The molecule has 18 heavy (non-hydrogen) atoms. The Balaban J connectivity index is 2.28. The van der Waals surface area contributed by atoms with Crippen LogP contribution in [0.1, 0.15) is 5.69 Å². The van der Waals surface area contributed by atoms with Crippen molar-refractivity contribution >= 4 is 17.5 Å². The molecular weight excluding hydrogens is 235 g/mol. The SMILES string of the molecule is N#Cc1cc(Nc2ccc(F)cc2)nc(NN)n1. The lowest BCUT2D eigenvalue weighted by molar-refractivity contribution is 0.628. The molecule has 0 saturated carbocycles. The molecule has 1 aromatic heterocycles. The Morgan fingerprint density at radius 1 is 1.22 bits per heavy atom. The zero-order valence-electron chi connectivity index (χ0n) is 9.18. The number of nitriles is 1. The average Bonchev–Trinajstić information content (AvgIpc) is 2.41. The number of halogens is 1.